The number of carbonyl (C=O) groups excluding carboxylic acids is 1. The van der Waals surface area contributed by atoms with E-state index >= 15 is 0 Å². The smallest absolute Gasteiger partial charge is 0.244 e. The Morgan fingerprint density at radius 3 is 2.86 bits per heavy atom. The van der Waals surface area contributed by atoms with Gasteiger partial charge in [-0.05, 0) is 54.5 Å². The van der Waals surface area contributed by atoms with E-state index in [4.69, 9.17) is 4.74 Å². The van der Waals surface area contributed by atoms with E-state index in [1.165, 1.54) is 6.07 Å². The molecule has 1 fully saturated rings. The molecule has 0 radical (unpaired) electrons. The second-order valence-electron chi connectivity index (χ2n) is 6.10. The standard InChI is InChI=1S/C18H24FNO2/c1-12(2)16(14-6-7-17(19)13(3)9-14)10-18(21)20-11-15-5-4-8-22-15/h6-7,9-10,12,15H,4-5,8,11H2,1-3H3,(H,20,21)/b16-10+. The molecular weight excluding hydrogens is 281 g/mol. The van der Waals surface area contributed by atoms with Crippen LogP contribution in [0.15, 0.2) is 24.3 Å². The van der Waals surface area contributed by atoms with Crippen molar-refractivity contribution in [2.24, 2.45) is 5.92 Å². The second kappa shape index (κ2) is 7.54. The molecule has 4 heteroatoms. The number of benzene rings is 1. The second-order valence-corrected chi connectivity index (χ2v) is 6.10. The molecule has 1 aliphatic rings. The Labute approximate surface area is 131 Å². The summed E-state index contributed by atoms with van der Waals surface area (Å²) in [5.74, 6) is -0.172. The number of nitrogens with one attached hydrogen (secondary N) is 1. The summed E-state index contributed by atoms with van der Waals surface area (Å²) in [6.07, 6.45) is 3.81. The van der Waals surface area contributed by atoms with Gasteiger partial charge in [-0.1, -0.05) is 19.9 Å². The highest BCUT2D eigenvalue weighted by molar-refractivity contribution is 5.95. The molecule has 3 nitrogen and oxygen atoms in total. The number of allylic oxidation sites excluding steroid dienone is 1. The topological polar surface area (TPSA) is 38.3 Å². The van der Waals surface area contributed by atoms with Gasteiger partial charge in [0.2, 0.25) is 5.91 Å². The molecule has 0 bridgehead atoms. The largest absolute Gasteiger partial charge is 0.376 e. The number of carbonyl (C=O) groups is 1. The lowest BCUT2D eigenvalue weighted by atomic mass is 9.93. The number of amides is 1. The Kier molecular flexibility index (Phi) is 5.72. The Morgan fingerprint density at radius 2 is 2.27 bits per heavy atom. The molecule has 0 saturated carbocycles. The average molecular weight is 305 g/mol. The first-order valence-corrected chi connectivity index (χ1v) is 7.85. The van der Waals surface area contributed by atoms with Gasteiger partial charge in [-0.25, -0.2) is 4.39 Å². The SMILES string of the molecule is Cc1cc(/C(=C/C(=O)NCC2CCCO2)C(C)C)ccc1F. The van der Waals surface area contributed by atoms with Crippen molar-refractivity contribution in [2.75, 3.05) is 13.2 Å². The maximum absolute atomic E-state index is 13.4. The molecule has 1 aromatic rings. The summed E-state index contributed by atoms with van der Waals surface area (Å²) in [6, 6.07) is 4.96. The molecule has 120 valence electrons. The lowest BCUT2D eigenvalue weighted by molar-refractivity contribution is -0.116. The van der Waals surface area contributed by atoms with Gasteiger partial charge in [0.1, 0.15) is 5.82 Å². The van der Waals surface area contributed by atoms with Gasteiger partial charge in [0.25, 0.3) is 0 Å². The van der Waals surface area contributed by atoms with Crippen LogP contribution in [0.1, 0.15) is 37.8 Å². The summed E-state index contributed by atoms with van der Waals surface area (Å²) < 4.78 is 18.9. The highest BCUT2D eigenvalue weighted by Crippen LogP contribution is 2.24. The van der Waals surface area contributed by atoms with Crippen LogP contribution in [0.4, 0.5) is 4.39 Å². The Morgan fingerprint density at radius 1 is 1.50 bits per heavy atom. The zero-order valence-corrected chi connectivity index (χ0v) is 13.5. The number of hydrogen-bond donors (Lipinski definition) is 1. The first-order valence-electron chi connectivity index (χ1n) is 7.85. The van der Waals surface area contributed by atoms with Crippen LogP contribution in [0.25, 0.3) is 5.57 Å². The molecule has 1 unspecified atom stereocenters. The summed E-state index contributed by atoms with van der Waals surface area (Å²) in [5.41, 5.74) is 2.39. The number of ether oxygens (including phenoxy) is 1. The summed E-state index contributed by atoms with van der Waals surface area (Å²) in [7, 11) is 0. The first-order chi connectivity index (χ1) is 10.5. The molecule has 2 rings (SSSR count). The highest BCUT2D eigenvalue weighted by Gasteiger charge is 2.16. The van der Waals surface area contributed by atoms with Crippen LogP contribution in [0.3, 0.4) is 0 Å². The van der Waals surface area contributed by atoms with E-state index in [1.807, 2.05) is 13.8 Å². The Balaban J connectivity index is 2.08. The van der Waals surface area contributed by atoms with Crippen molar-refractivity contribution in [3.63, 3.8) is 0 Å². The van der Waals surface area contributed by atoms with Gasteiger partial charge in [0, 0.05) is 19.2 Å². The fourth-order valence-electron chi connectivity index (χ4n) is 2.62. The van der Waals surface area contributed by atoms with Gasteiger partial charge >= 0.3 is 0 Å². The third-order valence-corrected chi connectivity index (χ3v) is 3.93. The quantitative estimate of drug-likeness (QED) is 0.846. The molecule has 1 N–H and O–H groups in total. The molecule has 0 spiro atoms. The van der Waals surface area contributed by atoms with Gasteiger partial charge in [-0.2, -0.15) is 0 Å². The Hall–Kier alpha value is -1.68. The first kappa shape index (κ1) is 16.7. The normalized spacial score (nSPS) is 18.8. The molecule has 22 heavy (non-hydrogen) atoms. The van der Waals surface area contributed by atoms with Gasteiger partial charge in [-0.3, -0.25) is 4.79 Å². The van der Waals surface area contributed by atoms with Crippen molar-refractivity contribution in [1.29, 1.82) is 0 Å². The maximum atomic E-state index is 13.4. The minimum Gasteiger partial charge on any atom is -0.376 e. The van der Waals surface area contributed by atoms with Crippen molar-refractivity contribution in [3.05, 3.63) is 41.2 Å². The lowest BCUT2D eigenvalue weighted by Crippen LogP contribution is -2.30. The monoisotopic (exact) mass is 305 g/mol. The maximum Gasteiger partial charge on any atom is 0.244 e. The molecule has 1 aliphatic heterocycles. The molecule has 1 atom stereocenters. The third-order valence-electron chi connectivity index (χ3n) is 3.93. The van der Waals surface area contributed by atoms with Gasteiger partial charge < -0.3 is 10.1 Å². The van der Waals surface area contributed by atoms with Crippen LogP contribution >= 0.6 is 0 Å². The predicted octanol–water partition coefficient (Wildman–Crippen LogP) is 3.47. The summed E-state index contributed by atoms with van der Waals surface area (Å²) in [5, 5.41) is 2.89. The van der Waals surface area contributed by atoms with Crippen molar-refractivity contribution in [2.45, 2.75) is 39.7 Å². The van der Waals surface area contributed by atoms with E-state index in [9.17, 15) is 9.18 Å². The molecular formula is C18H24FNO2. The number of hydrogen-bond acceptors (Lipinski definition) is 2. The molecule has 1 heterocycles. The van der Waals surface area contributed by atoms with Crippen LogP contribution in [0.5, 0.6) is 0 Å². The average Bonchev–Trinajstić information content (AvgIpc) is 2.98. The van der Waals surface area contributed by atoms with Crippen molar-refractivity contribution in [3.8, 4) is 0 Å². The number of rotatable bonds is 5. The van der Waals surface area contributed by atoms with Crippen LogP contribution < -0.4 is 5.32 Å². The van der Waals surface area contributed by atoms with Crippen LogP contribution in [-0.4, -0.2) is 25.2 Å². The lowest BCUT2D eigenvalue weighted by Gasteiger charge is -2.14. The zero-order chi connectivity index (χ0) is 16.1. The van der Waals surface area contributed by atoms with Crippen LogP contribution in [-0.2, 0) is 9.53 Å². The van der Waals surface area contributed by atoms with Gasteiger partial charge in [0.15, 0.2) is 0 Å². The molecule has 1 amide bonds. The van der Waals surface area contributed by atoms with Crippen molar-refractivity contribution < 1.29 is 13.9 Å². The van der Waals surface area contributed by atoms with E-state index in [0.29, 0.717) is 12.1 Å². The number of aryl methyl sites for hydroxylation is 1. The van der Waals surface area contributed by atoms with Crippen molar-refractivity contribution >= 4 is 11.5 Å². The molecule has 1 aromatic carbocycles. The van der Waals surface area contributed by atoms with Gasteiger partial charge in [-0.15, -0.1) is 0 Å². The molecule has 0 aliphatic carbocycles. The molecule has 0 aromatic heterocycles. The summed E-state index contributed by atoms with van der Waals surface area (Å²) >= 11 is 0. The fourth-order valence-corrected chi connectivity index (χ4v) is 2.62. The van der Waals surface area contributed by atoms with E-state index in [0.717, 1.165) is 30.6 Å². The van der Waals surface area contributed by atoms with Gasteiger partial charge in [0.05, 0.1) is 6.10 Å². The highest BCUT2D eigenvalue weighted by atomic mass is 19.1. The van der Waals surface area contributed by atoms with E-state index in [2.05, 4.69) is 5.32 Å². The van der Waals surface area contributed by atoms with Crippen molar-refractivity contribution in [1.82, 2.24) is 5.32 Å². The Bertz CT molecular complexity index is 560. The predicted molar refractivity (Wildman–Crippen MR) is 85.9 cm³/mol. The zero-order valence-electron chi connectivity index (χ0n) is 13.5. The minimum atomic E-state index is -0.227. The summed E-state index contributed by atoms with van der Waals surface area (Å²) in [6.45, 7) is 7.11. The van der Waals surface area contributed by atoms with E-state index < -0.39 is 0 Å². The number of halogens is 1. The fraction of sp³-hybridized carbons (Fsp3) is 0.500. The van der Waals surface area contributed by atoms with E-state index in [1.54, 1.807) is 25.1 Å². The van der Waals surface area contributed by atoms with E-state index in [-0.39, 0.29) is 23.7 Å². The summed E-state index contributed by atoms with van der Waals surface area (Å²) in [4.78, 5) is 12.1. The third kappa shape index (κ3) is 4.41. The minimum absolute atomic E-state index is 0.124. The van der Waals surface area contributed by atoms with Crippen LogP contribution in [0, 0.1) is 18.7 Å². The molecule has 1 saturated heterocycles. The van der Waals surface area contributed by atoms with Crippen LogP contribution in [0.2, 0.25) is 0 Å².